The van der Waals surface area contributed by atoms with Crippen LogP contribution >= 0.6 is 11.3 Å². The van der Waals surface area contributed by atoms with Crippen molar-refractivity contribution in [3.63, 3.8) is 0 Å². The molecule has 31 heavy (non-hydrogen) atoms. The Morgan fingerprint density at radius 2 is 2.10 bits per heavy atom. The molecular formula is C21H19N7O2S. The molecule has 1 amide bonds. The number of thiazole rings is 1. The fraction of sp³-hybridized carbons (Fsp3) is 0.190. The number of ether oxygens (including phenoxy) is 1. The van der Waals surface area contributed by atoms with E-state index in [-0.39, 0.29) is 5.69 Å². The molecule has 156 valence electrons. The number of aromatic nitrogens is 5. The van der Waals surface area contributed by atoms with E-state index in [2.05, 4.69) is 26.0 Å². The number of hydrogen-bond acceptors (Lipinski definition) is 7. The second-order valence-electron chi connectivity index (χ2n) is 6.91. The van der Waals surface area contributed by atoms with Crippen LogP contribution in [-0.4, -0.2) is 37.5 Å². The summed E-state index contributed by atoms with van der Waals surface area (Å²) in [4.78, 5) is 27.9. The topological polar surface area (TPSA) is 136 Å². The summed E-state index contributed by atoms with van der Waals surface area (Å²) in [5.74, 6) is 0.304. The number of nitrogens with two attached hydrogens (primary N) is 1. The third-order valence-electron chi connectivity index (χ3n) is 4.85. The molecule has 0 saturated carbocycles. The van der Waals surface area contributed by atoms with Gasteiger partial charge in [-0.15, -0.1) is 11.3 Å². The number of methoxy groups -OCH3 is 1. The molecule has 0 aromatic carbocycles. The number of rotatable bonds is 5. The molecule has 0 aliphatic rings. The lowest BCUT2D eigenvalue weighted by Crippen LogP contribution is -2.15. The SMILES string of the molecule is COc1cc2nc(C(C#N)=Cc3cc(C)n(-c4sc(C)nc4C(N)=O)c3C)[nH]c2cn1. The fourth-order valence-corrected chi connectivity index (χ4v) is 4.45. The lowest BCUT2D eigenvalue weighted by molar-refractivity contribution is 0.0996. The number of imidazole rings is 1. The monoisotopic (exact) mass is 433 g/mol. The zero-order valence-corrected chi connectivity index (χ0v) is 18.2. The van der Waals surface area contributed by atoms with Crippen LogP contribution in [0.3, 0.4) is 0 Å². The molecule has 0 bridgehead atoms. The minimum atomic E-state index is -0.576. The van der Waals surface area contributed by atoms with Crippen molar-refractivity contribution < 1.29 is 9.53 Å². The molecule has 0 aliphatic heterocycles. The minimum absolute atomic E-state index is 0.235. The van der Waals surface area contributed by atoms with Crippen molar-refractivity contribution in [1.82, 2.24) is 24.5 Å². The number of carbonyl (C=O) groups excluding carboxylic acids is 1. The van der Waals surface area contributed by atoms with Gasteiger partial charge >= 0.3 is 0 Å². The van der Waals surface area contributed by atoms with Gasteiger partial charge in [0.2, 0.25) is 5.88 Å². The molecule has 0 fully saturated rings. The van der Waals surface area contributed by atoms with Crippen molar-refractivity contribution in [2.24, 2.45) is 5.73 Å². The van der Waals surface area contributed by atoms with E-state index in [4.69, 9.17) is 10.5 Å². The largest absolute Gasteiger partial charge is 0.481 e. The standard InChI is InChI=1S/C21H19N7O2S/c1-10-5-13(11(2)28(10)21-18(19(23)29)25-12(3)31-21)6-14(8-22)20-26-15-7-17(30-4)24-9-16(15)27-20/h5-7,9H,1-4H3,(H2,23,29)(H,26,27). The van der Waals surface area contributed by atoms with Gasteiger partial charge in [-0.05, 0) is 38.5 Å². The Kier molecular flexibility index (Phi) is 5.04. The predicted octanol–water partition coefficient (Wildman–Crippen LogP) is 3.30. The Labute approximate surface area is 181 Å². The number of allylic oxidation sites excluding steroid dienone is 1. The van der Waals surface area contributed by atoms with Crippen LogP contribution < -0.4 is 10.5 Å². The van der Waals surface area contributed by atoms with Crippen LogP contribution in [0.25, 0.3) is 27.7 Å². The first kappa shape index (κ1) is 20.3. The number of amides is 1. The molecule has 9 nitrogen and oxygen atoms in total. The first-order valence-corrected chi connectivity index (χ1v) is 10.1. The van der Waals surface area contributed by atoms with E-state index in [1.165, 1.54) is 18.4 Å². The molecule has 3 N–H and O–H groups in total. The molecule has 4 heterocycles. The maximum Gasteiger partial charge on any atom is 0.270 e. The van der Waals surface area contributed by atoms with Crippen LogP contribution in [0, 0.1) is 32.1 Å². The predicted molar refractivity (Wildman–Crippen MR) is 118 cm³/mol. The molecule has 0 saturated heterocycles. The maximum absolute atomic E-state index is 11.8. The van der Waals surface area contributed by atoms with E-state index in [0.29, 0.717) is 33.3 Å². The van der Waals surface area contributed by atoms with Gasteiger partial charge in [0, 0.05) is 17.5 Å². The van der Waals surface area contributed by atoms with Crippen molar-refractivity contribution in [2.45, 2.75) is 20.8 Å². The smallest absolute Gasteiger partial charge is 0.270 e. The summed E-state index contributed by atoms with van der Waals surface area (Å²) < 4.78 is 7.06. The van der Waals surface area contributed by atoms with Crippen molar-refractivity contribution in [3.05, 3.63) is 51.8 Å². The van der Waals surface area contributed by atoms with Gasteiger partial charge in [0.15, 0.2) is 5.69 Å². The Hall–Kier alpha value is -3.97. The summed E-state index contributed by atoms with van der Waals surface area (Å²) in [6.07, 6.45) is 3.38. The van der Waals surface area contributed by atoms with Crippen LogP contribution in [0.1, 0.15) is 38.3 Å². The van der Waals surface area contributed by atoms with E-state index in [1.807, 2.05) is 31.4 Å². The van der Waals surface area contributed by atoms with Gasteiger partial charge in [0.1, 0.15) is 16.9 Å². The molecular weight excluding hydrogens is 414 g/mol. The summed E-state index contributed by atoms with van der Waals surface area (Å²) in [5.41, 5.74) is 10.1. The third kappa shape index (κ3) is 3.55. The highest BCUT2D eigenvalue weighted by Crippen LogP contribution is 2.30. The fourth-order valence-electron chi connectivity index (χ4n) is 3.41. The van der Waals surface area contributed by atoms with Crippen LogP contribution in [0.5, 0.6) is 5.88 Å². The van der Waals surface area contributed by atoms with Crippen molar-refractivity contribution in [3.8, 4) is 17.0 Å². The summed E-state index contributed by atoms with van der Waals surface area (Å²) in [7, 11) is 1.53. The molecule has 0 spiro atoms. The molecule has 0 unspecified atom stereocenters. The highest BCUT2D eigenvalue weighted by Gasteiger charge is 2.20. The van der Waals surface area contributed by atoms with Crippen LogP contribution in [0.4, 0.5) is 0 Å². The Morgan fingerprint density at radius 1 is 1.32 bits per heavy atom. The van der Waals surface area contributed by atoms with Gasteiger partial charge in [0.25, 0.3) is 5.91 Å². The Bertz CT molecular complexity index is 1400. The lowest BCUT2D eigenvalue weighted by Gasteiger charge is -2.07. The number of fused-ring (bicyclic) bond motifs is 1. The number of primary amides is 1. The molecule has 0 radical (unpaired) electrons. The Morgan fingerprint density at radius 3 is 2.77 bits per heavy atom. The number of hydrogen-bond donors (Lipinski definition) is 2. The van der Waals surface area contributed by atoms with E-state index < -0.39 is 5.91 Å². The first-order chi connectivity index (χ1) is 14.8. The number of aryl methyl sites for hydroxylation is 2. The zero-order chi connectivity index (χ0) is 22.3. The molecule has 4 rings (SSSR count). The van der Waals surface area contributed by atoms with Crippen molar-refractivity contribution in [2.75, 3.05) is 7.11 Å². The van der Waals surface area contributed by atoms with Gasteiger partial charge in [-0.25, -0.2) is 15.0 Å². The third-order valence-corrected chi connectivity index (χ3v) is 5.81. The Balaban J connectivity index is 1.81. The number of H-pyrrole nitrogens is 1. The van der Waals surface area contributed by atoms with Crippen LogP contribution in [0.15, 0.2) is 18.3 Å². The summed E-state index contributed by atoms with van der Waals surface area (Å²) in [6.45, 7) is 5.67. The van der Waals surface area contributed by atoms with Crippen LogP contribution in [0.2, 0.25) is 0 Å². The van der Waals surface area contributed by atoms with E-state index in [9.17, 15) is 10.1 Å². The summed E-state index contributed by atoms with van der Waals surface area (Å²) in [6, 6.07) is 5.85. The quantitative estimate of drug-likeness (QED) is 0.464. The number of nitrogens with zero attached hydrogens (tertiary/aromatic N) is 5. The van der Waals surface area contributed by atoms with E-state index >= 15 is 0 Å². The van der Waals surface area contributed by atoms with Crippen LogP contribution in [-0.2, 0) is 0 Å². The number of carbonyl (C=O) groups is 1. The number of nitrogens with one attached hydrogen (secondary N) is 1. The minimum Gasteiger partial charge on any atom is -0.481 e. The summed E-state index contributed by atoms with van der Waals surface area (Å²) >= 11 is 1.39. The molecule has 4 aromatic heterocycles. The second-order valence-corrected chi connectivity index (χ2v) is 8.09. The first-order valence-electron chi connectivity index (χ1n) is 9.30. The molecule has 4 aromatic rings. The zero-order valence-electron chi connectivity index (χ0n) is 17.3. The van der Waals surface area contributed by atoms with Gasteiger partial charge in [-0.2, -0.15) is 5.26 Å². The molecule has 0 aliphatic carbocycles. The number of pyridine rings is 1. The maximum atomic E-state index is 11.8. The van der Waals surface area contributed by atoms with Gasteiger partial charge in [0.05, 0.1) is 34.9 Å². The lowest BCUT2D eigenvalue weighted by atomic mass is 10.1. The van der Waals surface area contributed by atoms with E-state index in [0.717, 1.165) is 22.0 Å². The molecule has 10 heteroatoms. The molecule has 0 atom stereocenters. The normalized spacial score (nSPS) is 11.6. The average Bonchev–Trinajstić information content (AvgIpc) is 3.40. The van der Waals surface area contributed by atoms with Crippen molar-refractivity contribution >= 4 is 39.9 Å². The van der Waals surface area contributed by atoms with Gasteiger partial charge < -0.3 is 20.0 Å². The van der Waals surface area contributed by atoms with Gasteiger partial charge in [-0.3, -0.25) is 4.79 Å². The second kappa shape index (κ2) is 7.70. The number of nitriles is 1. The van der Waals surface area contributed by atoms with Crippen molar-refractivity contribution in [1.29, 1.82) is 5.26 Å². The summed E-state index contributed by atoms with van der Waals surface area (Å²) in [5, 5.41) is 11.2. The van der Waals surface area contributed by atoms with Gasteiger partial charge in [-0.1, -0.05) is 0 Å². The van der Waals surface area contributed by atoms with E-state index in [1.54, 1.807) is 18.3 Å². The number of aromatic amines is 1. The highest BCUT2D eigenvalue weighted by molar-refractivity contribution is 7.14. The highest BCUT2D eigenvalue weighted by atomic mass is 32.1. The average molecular weight is 433 g/mol.